The SMILES string of the molecule is CNC(Cc1cccnc1)CC1CCC(F)(F)C1. The second-order valence-electron chi connectivity index (χ2n) is 5.25. The first-order chi connectivity index (χ1) is 8.59. The van der Waals surface area contributed by atoms with Gasteiger partial charge in [0.25, 0.3) is 0 Å². The van der Waals surface area contributed by atoms with Crippen LogP contribution >= 0.6 is 0 Å². The van der Waals surface area contributed by atoms with E-state index in [1.54, 1.807) is 6.20 Å². The zero-order chi connectivity index (χ0) is 13.0. The van der Waals surface area contributed by atoms with Gasteiger partial charge in [0.2, 0.25) is 5.92 Å². The fraction of sp³-hybridized carbons (Fsp3) is 0.643. The molecule has 0 bridgehead atoms. The molecule has 1 aliphatic carbocycles. The van der Waals surface area contributed by atoms with Crippen LogP contribution in [0.4, 0.5) is 8.78 Å². The zero-order valence-electron chi connectivity index (χ0n) is 10.7. The topological polar surface area (TPSA) is 24.9 Å². The van der Waals surface area contributed by atoms with Crippen molar-refractivity contribution in [2.24, 2.45) is 5.92 Å². The van der Waals surface area contributed by atoms with Crippen LogP contribution in [-0.2, 0) is 6.42 Å². The molecule has 100 valence electrons. The van der Waals surface area contributed by atoms with Crippen molar-refractivity contribution in [3.05, 3.63) is 30.1 Å². The van der Waals surface area contributed by atoms with Gasteiger partial charge in [0.15, 0.2) is 0 Å². The Balaban J connectivity index is 1.87. The normalized spacial score (nSPS) is 24.1. The number of hydrogen-bond donors (Lipinski definition) is 1. The monoisotopic (exact) mass is 254 g/mol. The number of hydrogen-bond acceptors (Lipinski definition) is 2. The van der Waals surface area contributed by atoms with Gasteiger partial charge < -0.3 is 5.32 Å². The highest BCUT2D eigenvalue weighted by atomic mass is 19.3. The molecule has 1 saturated carbocycles. The Labute approximate surface area is 107 Å². The van der Waals surface area contributed by atoms with Crippen molar-refractivity contribution < 1.29 is 8.78 Å². The van der Waals surface area contributed by atoms with Crippen LogP contribution < -0.4 is 5.32 Å². The van der Waals surface area contributed by atoms with Gasteiger partial charge in [-0.2, -0.15) is 0 Å². The van der Waals surface area contributed by atoms with Crippen LogP contribution in [0.15, 0.2) is 24.5 Å². The van der Waals surface area contributed by atoms with E-state index in [1.165, 1.54) is 0 Å². The lowest BCUT2D eigenvalue weighted by molar-refractivity contribution is 0.00436. The molecule has 0 aliphatic heterocycles. The maximum Gasteiger partial charge on any atom is 0.248 e. The van der Waals surface area contributed by atoms with E-state index in [4.69, 9.17) is 0 Å². The Morgan fingerprint density at radius 3 is 2.94 bits per heavy atom. The Morgan fingerprint density at radius 1 is 1.56 bits per heavy atom. The van der Waals surface area contributed by atoms with Crippen molar-refractivity contribution in [1.82, 2.24) is 10.3 Å². The van der Waals surface area contributed by atoms with Crippen molar-refractivity contribution in [1.29, 1.82) is 0 Å². The first-order valence-corrected chi connectivity index (χ1v) is 6.53. The van der Waals surface area contributed by atoms with E-state index in [-0.39, 0.29) is 24.8 Å². The van der Waals surface area contributed by atoms with Crippen molar-refractivity contribution in [3.8, 4) is 0 Å². The van der Waals surface area contributed by atoms with Crippen molar-refractivity contribution in [2.75, 3.05) is 7.05 Å². The van der Waals surface area contributed by atoms with Gasteiger partial charge in [0, 0.05) is 31.3 Å². The quantitative estimate of drug-likeness (QED) is 0.873. The van der Waals surface area contributed by atoms with Crippen LogP contribution in [0.1, 0.15) is 31.2 Å². The number of rotatable bonds is 5. The molecule has 1 aromatic rings. The lowest BCUT2D eigenvalue weighted by Crippen LogP contribution is -2.30. The molecule has 18 heavy (non-hydrogen) atoms. The molecule has 1 N–H and O–H groups in total. The summed E-state index contributed by atoms with van der Waals surface area (Å²) in [5.74, 6) is -2.29. The third-order valence-electron chi connectivity index (χ3n) is 3.74. The molecule has 0 amide bonds. The molecule has 1 heterocycles. The van der Waals surface area contributed by atoms with Crippen molar-refractivity contribution >= 4 is 0 Å². The van der Waals surface area contributed by atoms with E-state index in [0.29, 0.717) is 6.42 Å². The summed E-state index contributed by atoms with van der Waals surface area (Å²) in [6.45, 7) is 0. The van der Waals surface area contributed by atoms with E-state index in [2.05, 4.69) is 10.3 Å². The number of pyridine rings is 1. The molecule has 2 nitrogen and oxygen atoms in total. The minimum absolute atomic E-state index is 0.0538. The van der Waals surface area contributed by atoms with Gasteiger partial charge in [-0.25, -0.2) is 8.78 Å². The summed E-state index contributed by atoms with van der Waals surface area (Å²) in [6.07, 6.45) is 6.02. The van der Waals surface area contributed by atoms with E-state index in [9.17, 15) is 8.78 Å². The summed E-state index contributed by atoms with van der Waals surface area (Å²) in [5, 5.41) is 3.23. The standard InChI is InChI=1S/C14H20F2N2/c1-17-13(8-12-3-2-6-18-10-12)7-11-4-5-14(15,16)9-11/h2-3,6,10-11,13,17H,4-5,7-9H2,1H3. The van der Waals surface area contributed by atoms with E-state index >= 15 is 0 Å². The summed E-state index contributed by atoms with van der Waals surface area (Å²) in [4.78, 5) is 4.08. The lowest BCUT2D eigenvalue weighted by atomic mass is 9.94. The van der Waals surface area contributed by atoms with E-state index in [0.717, 1.165) is 18.4 Å². The second kappa shape index (κ2) is 5.74. The fourth-order valence-electron chi connectivity index (χ4n) is 2.75. The maximum atomic E-state index is 13.1. The van der Waals surface area contributed by atoms with Gasteiger partial charge in [-0.05, 0) is 43.9 Å². The molecule has 0 saturated heterocycles. The Hall–Kier alpha value is -1.03. The van der Waals surface area contributed by atoms with Gasteiger partial charge in [-0.3, -0.25) is 4.98 Å². The second-order valence-corrected chi connectivity index (χ2v) is 5.25. The van der Waals surface area contributed by atoms with Gasteiger partial charge in [0.05, 0.1) is 0 Å². The van der Waals surface area contributed by atoms with Gasteiger partial charge >= 0.3 is 0 Å². The smallest absolute Gasteiger partial charge is 0.248 e. The highest BCUT2D eigenvalue weighted by Crippen LogP contribution is 2.40. The Kier molecular flexibility index (Phi) is 4.27. The molecule has 0 spiro atoms. The average Bonchev–Trinajstić information content (AvgIpc) is 2.69. The first-order valence-electron chi connectivity index (χ1n) is 6.53. The summed E-state index contributed by atoms with van der Waals surface area (Å²) in [5.41, 5.74) is 1.15. The zero-order valence-corrected chi connectivity index (χ0v) is 10.7. The van der Waals surface area contributed by atoms with Crippen LogP contribution in [0, 0.1) is 5.92 Å². The summed E-state index contributed by atoms with van der Waals surface area (Å²) in [7, 11) is 1.90. The largest absolute Gasteiger partial charge is 0.317 e. The van der Waals surface area contributed by atoms with Crippen LogP contribution in [0.25, 0.3) is 0 Å². The van der Waals surface area contributed by atoms with Crippen LogP contribution in [0.5, 0.6) is 0 Å². The third-order valence-corrected chi connectivity index (χ3v) is 3.74. The van der Waals surface area contributed by atoms with E-state index in [1.807, 2.05) is 25.4 Å². The van der Waals surface area contributed by atoms with E-state index < -0.39 is 5.92 Å². The number of aromatic nitrogens is 1. The van der Waals surface area contributed by atoms with Crippen molar-refractivity contribution in [3.63, 3.8) is 0 Å². The lowest BCUT2D eigenvalue weighted by Gasteiger charge is -2.20. The first kappa shape index (κ1) is 13.4. The highest BCUT2D eigenvalue weighted by molar-refractivity contribution is 5.10. The molecule has 1 aromatic heterocycles. The molecule has 1 aliphatic rings. The van der Waals surface area contributed by atoms with Crippen LogP contribution in [0.2, 0.25) is 0 Å². The number of halogens is 2. The predicted molar refractivity (Wildman–Crippen MR) is 67.7 cm³/mol. The van der Waals surface area contributed by atoms with Crippen LogP contribution in [-0.4, -0.2) is 24.0 Å². The highest BCUT2D eigenvalue weighted by Gasteiger charge is 2.39. The molecule has 2 atom stereocenters. The van der Waals surface area contributed by atoms with Gasteiger partial charge in [-0.15, -0.1) is 0 Å². The maximum absolute atomic E-state index is 13.1. The molecular formula is C14H20F2N2. The molecule has 2 rings (SSSR count). The fourth-order valence-corrected chi connectivity index (χ4v) is 2.75. The minimum atomic E-state index is -2.43. The molecule has 1 fully saturated rings. The summed E-state index contributed by atoms with van der Waals surface area (Å²) >= 11 is 0. The Morgan fingerprint density at radius 2 is 2.39 bits per heavy atom. The number of nitrogens with one attached hydrogen (secondary N) is 1. The minimum Gasteiger partial charge on any atom is -0.317 e. The third kappa shape index (κ3) is 3.73. The molecular weight excluding hydrogens is 234 g/mol. The van der Waals surface area contributed by atoms with Gasteiger partial charge in [-0.1, -0.05) is 6.07 Å². The summed E-state index contributed by atoms with van der Waals surface area (Å²) in [6, 6.07) is 4.19. The van der Waals surface area contributed by atoms with Crippen LogP contribution in [0.3, 0.4) is 0 Å². The summed E-state index contributed by atoms with van der Waals surface area (Å²) < 4.78 is 26.3. The molecule has 2 unspecified atom stereocenters. The predicted octanol–water partition coefficient (Wildman–Crippen LogP) is 3.04. The van der Waals surface area contributed by atoms with Gasteiger partial charge in [0.1, 0.15) is 0 Å². The molecule has 0 aromatic carbocycles. The number of likely N-dealkylation sites (N-methyl/N-ethyl adjacent to an activating group) is 1. The average molecular weight is 254 g/mol. The number of alkyl halides is 2. The molecule has 4 heteroatoms. The number of nitrogens with zero attached hydrogens (tertiary/aromatic N) is 1. The molecule has 0 radical (unpaired) electrons. The van der Waals surface area contributed by atoms with Crippen molar-refractivity contribution in [2.45, 2.75) is 44.1 Å². The Bertz CT molecular complexity index is 367.